The van der Waals surface area contributed by atoms with Gasteiger partial charge in [0.05, 0.1) is 16.5 Å². The molecule has 0 atom stereocenters. The number of carboxylic acid groups (broad SMARTS) is 1. The van der Waals surface area contributed by atoms with E-state index >= 15 is 0 Å². The summed E-state index contributed by atoms with van der Waals surface area (Å²) in [6, 6.07) is 5.87. The molecule has 0 aliphatic heterocycles. The van der Waals surface area contributed by atoms with Crippen LogP contribution in [0.1, 0.15) is 23.7 Å². The number of hydrogen-bond acceptors (Lipinski definition) is 4. The van der Waals surface area contributed by atoms with Crippen LogP contribution in [0.5, 0.6) is 0 Å². The Balaban J connectivity index is 3.25. The van der Waals surface area contributed by atoms with Crippen molar-refractivity contribution in [1.29, 1.82) is 5.26 Å². The van der Waals surface area contributed by atoms with Gasteiger partial charge in [-0.05, 0) is 40.8 Å². The third-order valence-electron chi connectivity index (χ3n) is 2.63. The van der Waals surface area contributed by atoms with Crippen LogP contribution in [0.3, 0.4) is 0 Å². The molecule has 1 aromatic rings. The van der Waals surface area contributed by atoms with E-state index in [0.29, 0.717) is 3.57 Å². The van der Waals surface area contributed by atoms with Crippen molar-refractivity contribution >= 4 is 38.6 Å². The van der Waals surface area contributed by atoms with Crippen LogP contribution in [-0.2, 0) is 10.0 Å². The second kappa shape index (κ2) is 7.01. The fourth-order valence-corrected chi connectivity index (χ4v) is 3.64. The summed E-state index contributed by atoms with van der Waals surface area (Å²) in [4.78, 5) is 11.0. The number of sulfonamides is 1. The first-order chi connectivity index (χ1) is 9.34. The number of carbonyl (C=O) groups is 1. The van der Waals surface area contributed by atoms with E-state index in [0.717, 1.165) is 10.4 Å². The Hall–Kier alpha value is -1.18. The molecule has 20 heavy (non-hydrogen) atoms. The molecule has 0 heterocycles. The lowest BCUT2D eigenvalue weighted by atomic mass is 10.2. The molecular formula is C12H13IN2O4S. The minimum atomic E-state index is -3.78. The third-order valence-corrected chi connectivity index (χ3v) is 5.54. The highest BCUT2D eigenvalue weighted by molar-refractivity contribution is 14.1. The molecule has 108 valence electrons. The quantitative estimate of drug-likeness (QED) is 0.726. The van der Waals surface area contributed by atoms with Gasteiger partial charge in [-0.25, -0.2) is 13.2 Å². The maximum Gasteiger partial charge on any atom is 0.336 e. The monoisotopic (exact) mass is 408 g/mol. The van der Waals surface area contributed by atoms with Crippen LogP contribution >= 0.6 is 22.6 Å². The zero-order valence-corrected chi connectivity index (χ0v) is 13.7. The first-order valence-electron chi connectivity index (χ1n) is 5.74. The largest absolute Gasteiger partial charge is 0.478 e. The molecule has 0 bridgehead atoms. The Kier molecular flexibility index (Phi) is 5.91. The first-order valence-corrected chi connectivity index (χ1v) is 8.26. The molecule has 0 amide bonds. The molecule has 6 nitrogen and oxygen atoms in total. The van der Waals surface area contributed by atoms with Crippen LogP contribution in [0.15, 0.2) is 23.1 Å². The second-order valence-corrected chi connectivity index (χ2v) is 6.95. The van der Waals surface area contributed by atoms with Crippen molar-refractivity contribution in [2.45, 2.75) is 18.2 Å². The Morgan fingerprint density at radius 1 is 1.50 bits per heavy atom. The molecule has 0 fully saturated rings. The topological polar surface area (TPSA) is 98.5 Å². The molecule has 0 unspecified atom stereocenters. The van der Waals surface area contributed by atoms with Crippen LogP contribution in [0, 0.1) is 14.9 Å². The van der Waals surface area contributed by atoms with E-state index < -0.39 is 16.0 Å². The van der Waals surface area contributed by atoms with Crippen LogP contribution in [0.4, 0.5) is 0 Å². The molecule has 1 rings (SSSR count). The van der Waals surface area contributed by atoms with E-state index in [1.54, 1.807) is 6.92 Å². The highest BCUT2D eigenvalue weighted by Gasteiger charge is 2.24. The van der Waals surface area contributed by atoms with Crippen molar-refractivity contribution < 1.29 is 18.3 Å². The van der Waals surface area contributed by atoms with E-state index in [1.807, 2.05) is 28.7 Å². The molecule has 8 heteroatoms. The average molecular weight is 408 g/mol. The van der Waals surface area contributed by atoms with Crippen LogP contribution in [-0.4, -0.2) is 36.9 Å². The summed E-state index contributed by atoms with van der Waals surface area (Å²) in [7, 11) is -3.78. The number of benzene rings is 1. The molecule has 0 saturated heterocycles. The maximum atomic E-state index is 12.4. The van der Waals surface area contributed by atoms with Gasteiger partial charge in [-0.1, -0.05) is 6.92 Å². The third kappa shape index (κ3) is 3.68. The van der Waals surface area contributed by atoms with Gasteiger partial charge in [-0.3, -0.25) is 0 Å². The van der Waals surface area contributed by atoms with Gasteiger partial charge in [0.1, 0.15) is 0 Å². The number of carboxylic acids is 1. The number of rotatable bonds is 6. The van der Waals surface area contributed by atoms with E-state index in [-0.39, 0.29) is 30.0 Å². The lowest BCUT2D eigenvalue weighted by molar-refractivity contribution is 0.0695. The molecule has 0 saturated carbocycles. The summed E-state index contributed by atoms with van der Waals surface area (Å²) >= 11 is 1.84. The van der Waals surface area contributed by atoms with E-state index in [2.05, 4.69) is 0 Å². The van der Waals surface area contributed by atoms with Gasteiger partial charge < -0.3 is 5.11 Å². The van der Waals surface area contributed by atoms with E-state index in [4.69, 9.17) is 10.4 Å². The normalized spacial score (nSPS) is 11.3. The Morgan fingerprint density at radius 2 is 2.15 bits per heavy atom. The molecular weight excluding hydrogens is 395 g/mol. The van der Waals surface area contributed by atoms with Crippen LogP contribution < -0.4 is 0 Å². The smallest absolute Gasteiger partial charge is 0.336 e. The molecule has 0 aliphatic carbocycles. The molecule has 0 aromatic heterocycles. The summed E-state index contributed by atoms with van der Waals surface area (Å²) < 4.78 is 26.4. The van der Waals surface area contributed by atoms with Crippen LogP contribution in [0.25, 0.3) is 0 Å². The number of nitrogens with zero attached hydrogens (tertiary/aromatic N) is 2. The number of nitriles is 1. The fourth-order valence-electron chi connectivity index (χ4n) is 1.60. The maximum absolute atomic E-state index is 12.4. The summed E-state index contributed by atoms with van der Waals surface area (Å²) in [6.07, 6.45) is 0.0865. The zero-order chi connectivity index (χ0) is 15.3. The molecule has 1 N–H and O–H groups in total. The van der Waals surface area contributed by atoms with Gasteiger partial charge in [0.15, 0.2) is 0 Å². The van der Waals surface area contributed by atoms with Crippen molar-refractivity contribution in [1.82, 2.24) is 4.31 Å². The van der Waals surface area contributed by atoms with Crippen molar-refractivity contribution in [2.24, 2.45) is 0 Å². The Morgan fingerprint density at radius 3 is 2.65 bits per heavy atom. The molecule has 0 spiro atoms. The van der Waals surface area contributed by atoms with Crippen molar-refractivity contribution in [3.05, 3.63) is 27.3 Å². The predicted octanol–water partition coefficient (Wildman–Crippen LogP) is 1.91. The summed E-state index contributed by atoms with van der Waals surface area (Å²) in [5, 5.41) is 17.6. The Bertz CT molecular complexity index is 652. The molecule has 0 radical (unpaired) electrons. The zero-order valence-electron chi connectivity index (χ0n) is 10.7. The number of hydrogen-bond donors (Lipinski definition) is 1. The lowest BCUT2D eigenvalue weighted by Gasteiger charge is -2.19. The summed E-state index contributed by atoms with van der Waals surface area (Å²) in [5.74, 6) is -1.17. The summed E-state index contributed by atoms with van der Waals surface area (Å²) in [6.45, 7) is 1.97. The first kappa shape index (κ1) is 16.9. The van der Waals surface area contributed by atoms with Crippen molar-refractivity contribution in [3.63, 3.8) is 0 Å². The van der Waals surface area contributed by atoms with E-state index in [1.165, 1.54) is 12.1 Å². The predicted molar refractivity (Wildman–Crippen MR) is 80.8 cm³/mol. The highest BCUT2D eigenvalue weighted by Crippen LogP contribution is 2.21. The summed E-state index contributed by atoms with van der Waals surface area (Å²) in [5.41, 5.74) is -0.0528. The highest BCUT2D eigenvalue weighted by atomic mass is 127. The average Bonchev–Trinajstić information content (AvgIpc) is 2.39. The van der Waals surface area contributed by atoms with Gasteiger partial charge in [-0.15, -0.1) is 0 Å². The molecule has 0 aliphatic rings. The van der Waals surface area contributed by atoms with Crippen molar-refractivity contribution in [2.75, 3.05) is 13.1 Å². The van der Waals surface area contributed by atoms with Gasteiger partial charge in [0.25, 0.3) is 0 Å². The standard InChI is InChI=1S/C12H13IN2O4S/c1-2-15(7-3-6-14)20(18,19)9-4-5-11(13)10(8-9)12(16)17/h4-5,8H,2-3,7H2,1H3,(H,16,17). The number of aromatic carboxylic acids is 1. The Labute approximate surface area is 131 Å². The van der Waals surface area contributed by atoms with Gasteiger partial charge in [0, 0.05) is 23.1 Å². The van der Waals surface area contributed by atoms with Gasteiger partial charge in [0.2, 0.25) is 10.0 Å². The van der Waals surface area contributed by atoms with Crippen molar-refractivity contribution in [3.8, 4) is 6.07 Å². The second-order valence-electron chi connectivity index (χ2n) is 3.85. The van der Waals surface area contributed by atoms with Gasteiger partial charge >= 0.3 is 5.97 Å². The number of halogens is 1. The lowest BCUT2D eigenvalue weighted by Crippen LogP contribution is -2.31. The minimum Gasteiger partial charge on any atom is -0.478 e. The van der Waals surface area contributed by atoms with Gasteiger partial charge in [-0.2, -0.15) is 9.57 Å². The van der Waals surface area contributed by atoms with Crippen LogP contribution in [0.2, 0.25) is 0 Å². The SMILES string of the molecule is CCN(CCC#N)S(=O)(=O)c1ccc(I)c(C(=O)O)c1. The van der Waals surface area contributed by atoms with E-state index in [9.17, 15) is 13.2 Å². The minimum absolute atomic E-state index is 0.0528. The molecule has 1 aromatic carbocycles. The fraction of sp³-hybridized carbons (Fsp3) is 0.333.